The van der Waals surface area contributed by atoms with Crippen molar-refractivity contribution in [1.82, 2.24) is 4.90 Å². The van der Waals surface area contributed by atoms with Crippen LogP contribution >= 0.6 is 0 Å². The average molecular weight is 204 g/mol. The molecule has 1 saturated heterocycles. The summed E-state index contributed by atoms with van der Waals surface area (Å²) in [4.78, 5) is 15.9. The van der Waals surface area contributed by atoms with E-state index < -0.39 is 0 Å². The van der Waals surface area contributed by atoms with Crippen molar-refractivity contribution in [2.24, 2.45) is 0 Å². The average Bonchev–Trinajstić information content (AvgIpc) is 2.30. The lowest BCUT2D eigenvalue weighted by Gasteiger charge is -2.33. The predicted octanol–water partition coefficient (Wildman–Crippen LogP) is 1.36. The summed E-state index contributed by atoms with van der Waals surface area (Å²) in [6, 6.07) is 9.87. The number of hydrogen-bond acceptors (Lipinski definition) is 2. The van der Waals surface area contributed by atoms with Crippen molar-refractivity contribution in [3.8, 4) is 0 Å². The summed E-state index contributed by atoms with van der Waals surface area (Å²) >= 11 is 0. The maximum absolute atomic E-state index is 11.8. The Morgan fingerprint density at radius 1 is 1.20 bits per heavy atom. The molecule has 1 fully saturated rings. The predicted molar refractivity (Wildman–Crippen MR) is 60.9 cm³/mol. The van der Waals surface area contributed by atoms with Gasteiger partial charge in [-0.25, -0.2) is 0 Å². The second-order valence-corrected chi connectivity index (χ2v) is 3.75. The van der Waals surface area contributed by atoms with Gasteiger partial charge in [-0.05, 0) is 18.7 Å². The molecule has 0 N–H and O–H groups in total. The monoisotopic (exact) mass is 204 g/mol. The van der Waals surface area contributed by atoms with Crippen molar-refractivity contribution < 1.29 is 4.79 Å². The van der Waals surface area contributed by atoms with E-state index in [1.54, 1.807) is 0 Å². The minimum absolute atomic E-state index is 0.203. The van der Waals surface area contributed by atoms with Crippen LogP contribution in [0.15, 0.2) is 30.3 Å². The number of carbonyl (C=O) groups is 1. The van der Waals surface area contributed by atoms with E-state index in [1.807, 2.05) is 35.2 Å². The summed E-state index contributed by atoms with van der Waals surface area (Å²) < 4.78 is 0. The van der Waals surface area contributed by atoms with E-state index in [0.717, 1.165) is 25.3 Å². The Labute approximate surface area is 90.3 Å². The van der Waals surface area contributed by atoms with Gasteiger partial charge in [-0.3, -0.25) is 9.69 Å². The van der Waals surface area contributed by atoms with E-state index in [1.165, 1.54) is 0 Å². The molecule has 0 aromatic heterocycles. The van der Waals surface area contributed by atoms with Gasteiger partial charge in [-0.2, -0.15) is 0 Å². The Morgan fingerprint density at radius 2 is 1.93 bits per heavy atom. The second-order valence-electron chi connectivity index (χ2n) is 3.75. The van der Waals surface area contributed by atoms with Gasteiger partial charge in [0.15, 0.2) is 0 Å². The molecule has 0 spiro atoms. The standard InChI is InChI=1S/C12H16N2O/c1-2-13-8-9-14(12(15)10-13)11-6-4-3-5-7-11/h3-7H,2,8-10H2,1H3. The second kappa shape index (κ2) is 4.45. The van der Waals surface area contributed by atoms with E-state index in [4.69, 9.17) is 0 Å². The van der Waals surface area contributed by atoms with Crippen molar-refractivity contribution in [3.05, 3.63) is 30.3 Å². The molecule has 0 aliphatic carbocycles. The zero-order chi connectivity index (χ0) is 10.7. The molecule has 0 atom stereocenters. The highest BCUT2D eigenvalue weighted by Gasteiger charge is 2.23. The number of rotatable bonds is 2. The first-order chi connectivity index (χ1) is 7.31. The minimum atomic E-state index is 0.203. The number of likely N-dealkylation sites (N-methyl/N-ethyl adjacent to an activating group) is 1. The van der Waals surface area contributed by atoms with Crippen LogP contribution in [-0.2, 0) is 4.79 Å². The van der Waals surface area contributed by atoms with E-state index in [2.05, 4.69) is 11.8 Å². The van der Waals surface area contributed by atoms with Crippen LogP contribution in [0.1, 0.15) is 6.92 Å². The largest absolute Gasteiger partial charge is 0.310 e. The van der Waals surface area contributed by atoms with Gasteiger partial charge in [-0.15, -0.1) is 0 Å². The number of amides is 1. The van der Waals surface area contributed by atoms with Gasteiger partial charge < -0.3 is 4.90 Å². The number of nitrogens with zero attached hydrogens (tertiary/aromatic N) is 2. The first-order valence-corrected chi connectivity index (χ1v) is 5.39. The number of hydrogen-bond donors (Lipinski definition) is 0. The quantitative estimate of drug-likeness (QED) is 0.726. The molecule has 1 amide bonds. The lowest BCUT2D eigenvalue weighted by molar-refractivity contribution is -0.121. The van der Waals surface area contributed by atoms with Gasteiger partial charge in [-0.1, -0.05) is 25.1 Å². The van der Waals surface area contributed by atoms with Crippen molar-refractivity contribution in [2.45, 2.75) is 6.92 Å². The molecule has 15 heavy (non-hydrogen) atoms. The molecule has 1 aliphatic heterocycles. The van der Waals surface area contributed by atoms with E-state index in [0.29, 0.717) is 6.54 Å². The Balaban J connectivity index is 2.10. The number of benzene rings is 1. The molecule has 1 aliphatic rings. The Kier molecular flexibility index (Phi) is 3.02. The zero-order valence-electron chi connectivity index (χ0n) is 9.02. The summed E-state index contributed by atoms with van der Waals surface area (Å²) in [7, 11) is 0. The molecule has 1 heterocycles. The highest BCUT2D eigenvalue weighted by atomic mass is 16.2. The molecule has 0 radical (unpaired) electrons. The Morgan fingerprint density at radius 3 is 2.53 bits per heavy atom. The van der Waals surface area contributed by atoms with Crippen LogP contribution in [-0.4, -0.2) is 37.0 Å². The minimum Gasteiger partial charge on any atom is -0.310 e. The third-order valence-corrected chi connectivity index (χ3v) is 2.81. The summed E-state index contributed by atoms with van der Waals surface area (Å²) in [5.41, 5.74) is 1.01. The van der Waals surface area contributed by atoms with Gasteiger partial charge in [0.25, 0.3) is 0 Å². The highest BCUT2D eigenvalue weighted by Crippen LogP contribution is 2.16. The number of para-hydroxylation sites is 1. The summed E-state index contributed by atoms with van der Waals surface area (Å²) in [5, 5.41) is 0. The van der Waals surface area contributed by atoms with Crippen molar-refractivity contribution in [1.29, 1.82) is 0 Å². The molecule has 2 rings (SSSR count). The molecule has 0 bridgehead atoms. The maximum atomic E-state index is 11.8. The third kappa shape index (κ3) is 2.18. The van der Waals surface area contributed by atoms with Crippen LogP contribution in [0.25, 0.3) is 0 Å². The van der Waals surface area contributed by atoms with Crippen molar-refractivity contribution >= 4 is 11.6 Å². The third-order valence-electron chi connectivity index (χ3n) is 2.81. The first kappa shape index (κ1) is 10.2. The normalized spacial score (nSPS) is 18.2. The SMILES string of the molecule is CCN1CCN(c2ccccc2)C(=O)C1. The zero-order valence-corrected chi connectivity index (χ0v) is 9.02. The topological polar surface area (TPSA) is 23.6 Å². The number of anilines is 1. The van der Waals surface area contributed by atoms with Crippen molar-refractivity contribution in [2.75, 3.05) is 31.1 Å². The van der Waals surface area contributed by atoms with Gasteiger partial charge in [0.1, 0.15) is 0 Å². The molecule has 80 valence electrons. The first-order valence-electron chi connectivity index (χ1n) is 5.39. The molecule has 3 nitrogen and oxygen atoms in total. The molecule has 1 aromatic carbocycles. The van der Waals surface area contributed by atoms with Crippen LogP contribution < -0.4 is 4.90 Å². The number of piperazine rings is 1. The van der Waals surface area contributed by atoms with Crippen LogP contribution in [0, 0.1) is 0 Å². The lowest BCUT2D eigenvalue weighted by Crippen LogP contribution is -2.50. The molecule has 3 heteroatoms. The summed E-state index contributed by atoms with van der Waals surface area (Å²) in [6.07, 6.45) is 0. The van der Waals surface area contributed by atoms with Gasteiger partial charge in [0.05, 0.1) is 6.54 Å². The van der Waals surface area contributed by atoms with Crippen LogP contribution in [0.4, 0.5) is 5.69 Å². The molecular formula is C12H16N2O. The number of carbonyl (C=O) groups excluding carboxylic acids is 1. The lowest BCUT2D eigenvalue weighted by atomic mass is 10.2. The molecule has 0 saturated carbocycles. The molecular weight excluding hydrogens is 188 g/mol. The fourth-order valence-electron chi connectivity index (χ4n) is 1.87. The van der Waals surface area contributed by atoms with Crippen LogP contribution in [0.3, 0.4) is 0 Å². The fraction of sp³-hybridized carbons (Fsp3) is 0.417. The summed E-state index contributed by atoms with van der Waals surface area (Å²) in [6.45, 7) is 5.36. The van der Waals surface area contributed by atoms with Crippen molar-refractivity contribution in [3.63, 3.8) is 0 Å². The highest BCUT2D eigenvalue weighted by molar-refractivity contribution is 5.95. The van der Waals surface area contributed by atoms with Gasteiger partial charge in [0.2, 0.25) is 5.91 Å². The molecule has 0 unspecified atom stereocenters. The van der Waals surface area contributed by atoms with Crippen LogP contribution in [0.5, 0.6) is 0 Å². The summed E-state index contributed by atoms with van der Waals surface area (Å²) in [5.74, 6) is 0.203. The maximum Gasteiger partial charge on any atom is 0.241 e. The fourth-order valence-corrected chi connectivity index (χ4v) is 1.87. The van der Waals surface area contributed by atoms with Crippen LogP contribution in [0.2, 0.25) is 0 Å². The van der Waals surface area contributed by atoms with E-state index in [-0.39, 0.29) is 5.91 Å². The molecule has 1 aromatic rings. The smallest absolute Gasteiger partial charge is 0.241 e. The Bertz CT molecular complexity index is 337. The van der Waals surface area contributed by atoms with Gasteiger partial charge in [0, 0.05) is 18.8 Å². The van der Waals surface area contributed by atoms with Gasteiger partial charge >= 0.3 is 0 Å². The van der Waals surface area contributed by atoms with E-state index >= 15 is 0 Å². The van der Waals surface area contributed by atoms with E-state index in [9.17, 15) is 4.79 Å². The Hall–Kier alpha value is -1.35.